The number of carboxylic acid groups (broad SMARTS) is 1. The van der Waals surface area contributed by atoms with Crippen molar-refractivity contribution in [2.24, 2.45) is 23.1 Å². The Morgan fingerprint density at radius 1 is 0.825 bits per heavy atom. The number of aliphatic hydroxyl groups excluding tert-OH is 8. The molecule has 16 atom stereocenters. The fourth-order valence-corrected chi connectivity index (χ4v) is 5.36. The van der Waals surface area contributed by atoms with Crippen molar-refractivity contribution in [1.29, 1.82) is 0 Å². The van der Waals surface area contributed by atoms with Gasteiger partial charge in [0.1, 0.15) is 54.4 Å². The minimum Gasteiger partial charge on any atom is -0.481 e. The van der Waals surface area contributed by atoms with Gasteiger partial charge in [-0.1, -0.05) is 6.92 Å². The topological polar surface area (TPSA) is 323 Å². The lowest BCUT2D eigenvalue weighted by Crippen LogP contribution is -2.73. The molecule has 0 radical (unpaired) electrons. The molecule has 3 aliphatic heterocycles. The van der Waals surface area contributed by atoms with Gasteiger partial charge in [0.05, 0.1) is 43.9 Å². The fraction of sp³-hybridized carbons (Fsp3) is 0.955. The minimum absolute atomic E-state index is 0.119. The average molecular weight is 588 g/mol. The van der Waals surface area contributed by atoms with Crippen LogP contribution in [0.3, 0.4) is 0 Å². The van der Waals surface area contributed by atoms with Crippen LogP contribution in [0.25, 0.3) is 0 Å². The zero-order chi connectivity index (χ0) is 30.1. The molecule has 0 aliphatic carbocycles. The predicted molar refractivity (Wildman–Crippen MR) is 128 cm³/mol. The van der Waals surface area contributed by atoms with E-state index in [0.29, 0.717) is 0 Å². The van der Waals surface area contributed by atoms with Crippen LogP contribution in [0.1, 0.15) is 13.3 Å². The summed E-state index contributed by atoms with van der Waals surface area (Å²) in [5.41, 5.74) is 15.6. The molecule has 0 bridgehead atoms. The molecule has 234 valence electrons. The molecular weight excluding hydrogens is 546 g/mol. The summed E-state index contributed by atoms with van der Waals surface area (Å²) in [5.74, 6) is -2.94. The number of aliphatic hydroxyl groups is 8. The molecule has 3 saturated heterocycles. The van der Waals surface area contributed by atoms with E-state index in [1.165, 1.54) is 6.92 Å². The Morgan fingerprint density at radius 3 is 1.82 bits per heavy atom. The maximum absolute atomic E-state index is 11.9. The molecule has 18 heteroatoms. The largest absolute Gasteiger partial charge is 0.481 e. The normalized spacial score (nSPS) is 49.0. The van der Waals surface area contributed by atoms with Gasteiger partial charge >= 0.3 is 5.97 Å². The summed E-state index contributed by atoms with van der Waals surface area (Å²) in [6.07, 6.45) is -17.6. The zero-order valence-electron chi connectivity index (χ0n) is 21.7. The summed E-state index contributed by atoms with van der Waals surface area (Å²) >= 11 is 0. The third-order valence-corrected chi connectivity index (χ3v) is 7.82. The standard InChI is InChI=1S/C22H41N3O15/c1-2-6(18(33)34)22(5-28)17(32)14(31)11(25)21(40-22)39-16-8(4-27)37-20(10(24)13(16)30)38-15-7(3-26)36-19(35)9(23)12(15)29/h6-17,19-21,26-32,35H,2-5,23-25H2,1H3,(H,33,34)/t6?,7-,8-,9-,10-,11-,12-,13-,14-,15?,16?,17+,19-,20+,21+,22+/m1/s1. The molecule has 0 aromatic rings. The lowest BCUT2D eigenvalue weighted by Gasteiger charge is -2.52. The van der Waals surface area contributed by atoms with E-state index in [2.05, 4.69) is 0 Å². The molecule has 0 aromatic heterocycles. The summed E-state index contributed by atoms with van der Waals surface area (Å²) < 4.78 is 27.9. The van der Waals surface area contributed by atoms with Crippen LogP contribution < -0.4 is 17.2 Å². The Kier molecular flexibility index (Phi) is 11.2. The van der Waals surface area contributed by atoms with Crippen molar-refractivity contribution >= 4 is 5.97 Å². The van der Waals surface area contributed by atoms with Crippen molar-refractivity contribution < 1.29 is 74.4 Å². The maximum Gasteiger partial charge on any atom is 0.309 e. The number of ether oxygens (including phenoxy) is 5. The smallest absolute Gasteiger partial charge is 0.309 e. The van der Waals surface area contributed by atoms with Gasteiger partial charge in [0.15, 0.2) is 18.9 Å². The van der Waals surface area contributed by atoms with E-state index in [0.717, 1.165) is 0 Å². The molecule has 3 heterocycles. The molecule has 3 fully saturated rings. The molecule has 0 spiro atoms. The van der Waals surface area contributed by atoms with E-state index in [1.807, 2.05) is 0 Å². The Morgan fingerprint density at radius 2 is 1.32 bits per heavy atom. The zero-order valence-corrected chi connectivity index (χ0v) is 21.7. The van der Waals surface area contributed by atoms with Crippen LogP contribution in [0.4, 0.5) is 0 Å². The van der Waals surface area contributed by atoms with E-state index in [-0.39, 0.29) is 6.42 Å². The lowest BCUT2D eigenvalue weighted by atomic mass is 9.76. The third kappa shape index (κ3) is 5.99. The van der Waals surface area contributed by atoms with Gasteiger partial charge < -0.3 is 86.8 Å². The second-order valence-electron chi connectivity index (χ2n) is 10.2. The van der Waals surface area contributed by atoms with Crippen molar-refractivity contribution in [3.8, 4) is 0 Å². The van der Waals surface area contributed by atoms with Gasteiger partial charge in [-0.15, -0.1) is 0 Å². The van der Waals surface area contributed by atoms with Crippen LogP contribution in [0, 0.1) is 5.92 Å². The van der Waals surface area contributed by atoms with Crippen LogP contribution >= 0.6 is 0 Å². The number of rotatable bonds is 10. The van der Waals surface area contributed by atoms with Crippen molar-refractivity contribution in [2.75, 3.05) is 19.8 Å². The number of hydrogen-bond donors (Lipinski definition) is 12. The van der Waals surface area contributed by atoms with Gasteiger partial charge in [-0.3, -0.25) is 4.79 Å². The van der Waals surface area contributed by atoms with Gasteiger partial charge in [-0.05, 0) is 6.42 Å². The molecular formula is C22H41N3O15. The van der Waals surface area contributed by atoms with Gasteiger partial charge in [0, 0.05) is 0 Å². The summed E-state index contributed by atoms with van der Waals surface area (Å²) in [6, 6.07) is -4.27. The van der Waals surface area contributed by atoms with Crippen molar-refractivity contribution in [3.05, 3.63) is 0 Å². The highest BCUT2D eigenvalue weighted by molar-refractivity contribution is 5.72. The molecule has 0 saturated carbocycles. The average Bonchev–Trinajstić information content (AvgIpc) is 2.93. The molecule has 15 N–H and O–H groups in total. The van der Waals surface area contributed by atoms with Crippen molar-refractivity contribution in [2.45, 2.75) is 105 Å². The maximum atomic E-state index is 11.9. The number of carboxylic acids is 1. The first-order valence-corrected chi connectivity index (χ1v) is 12.8. The van der Waals surface area contributed by atoms with Crippen LogP contribution in [-0.4, -0.2) is 163 Å². The fourth-order valence-electron chi connectivity index (χ4n) is 5.36. The number of hydrogen-bond acceptors (Lipinski definition) is 17. The molecule has 3 rings (SSSR count). The second-order valence-corrected chi connectivity index (χ2v) is 10.2. The first-order chi connectivity index (χ1) is 18.8. The van der Waals surface area contributed by atoms with E-state index >= 15 is 0 Å². The molecule has 0 aromatic carbocycles. The third-order valence-electron chi connectivity index (χ3n) is 7.82. The molecule has 3 aliphatic rings. The summed E-state index contributed by atoms with van der Waals surface area (Å²) in [6.45, 7) is -1.07. The van der Waals surface area contributed by atoms with E-state index < -0.39 is 123 Å². The van der Waals surface area contributed by atoms with Gasteiger partial charge in [0.2, 0.25) is 0 Å². The molecule has 3 unspecified atom stereocenters. The lowest BCUT2D eigenvalue weighted by molar-refractivity contribution is -0.365. The van der Waals surface area contributed by atoms with Crippen LogP contribution in [0.2, 0.25) is 0 Å². The number of carbonyl (C=O) groups is 1. The molecule has 40 heavy (non-hydrogen) atoms. The van der Waals surface area contributed by atoms with Crippen molar-refractivity contribution in [1.82, 2.24) is 0 Å². The molecule has 18 nitrogen and oxygen atoms in total. The number of aliphatic carboxylic acids is 1. The van der Waals surface area contributed by atoms with Crippen LogP contribution in [0.5, 0.6) is 0 Å². The Hall–Kier alpha value is -1.17. The Labute approximate surface area is 228 Å². The predicted octanol–water partition coefficient (Wildman–Crippen LogP) is -7.19. The highest BCUT2D eigenvalue weighted by atomic mass is 16.7. The quantitative estimate of drug-likeness (QED) is 0.113. The van der Waals surface area contributed by atoms with E-state index in [4.69, 9.17) is 40.9 Å². The SMILES string of the molecule is CCC(C(=O)O)[C@]1(CO)O[C@H](OC2[C@@H](CO)O[C@@H](OC3[C@@H](CO)O[C@@H](O)[C@H](N)[C@H]3O)[C@H](N)[C@H]2O)[C@H](N)[C@@H](O)[C@@H]1O. The summed E-state index contributed by atoms with van der Waals surface area (Å²) in [5, 5.41) is 91.9. The Balaban J connectivity index is 1.82. The minimum atomic E-state index is -2.25. The monoisotopic (exact) mass is 587 g/mol. The highest BCUT2D eigenvalue weighted by Gasteiger charge is 2.60. The van der Waals surface area contributed by atoms with Gasteiger partial charge in [-0.25, -0.2) is 0 Å². The summed E-state index contributed by atoms with van der Waals surface area (Å²) in [4.78, 5) is 11.9. The first kappa shape index (κ1) is 33.3. The highest BCUT2D eigenvalue weighted by Crippen LogP contribution is 2.39. The van der Waals surface area contributed by atoms with E-state index in [1.54, 1.807) is 0 Å². The van der Waals surface area contributed by atoms with Crippen LogP contribution in [0.15, 0.2) is 0 Å². The number of nitrogens with two attached hydrogens (primary N) is 3. The van der Waals surface area contributed by atoms with Crippen molar-refractivity contribution in [3.63, 3.8) is 0 Å². The Bertz CT molecular complexity index is 841. The van der Waals surface area contributed by atoms with E-state index in [9.17, 15) is 50.8 Å². The molecule has 0 amide bonds. The van der Waals surface area contributed by atoms with Gasteiger partial charge in [0.25, 0.3) is 0 Å². The first-order valence-electron chi connectivity index (χ1n) is 12.8. The van der Waals surface area contributed by atoms with Crippen LogP contribution in [-0.2, 0) is 28.5 Å². The second kappa shape index (κ2) is 13.4. The summed E-state index contributed by atoms with van der Waals surface area (Å²) in [7, 11) is 0. The van der Waals surface area contributed by atoms with Gasteiger partial charge in [-0.2, -0.15) is 0 Å².